The molecule has 0 aliphatic carbocycles. The normalized spacial score (nSPS) is 12.0. The minimum Gasteiger partial charge on any atom is -0.397 e. The van der Waals surface area contributed by atoms with Gasteiger partial charge in [-0.2, -0.15) is 0 Å². The van der Waals surface area contributed by atoms with E-state index in [2.05, 4.69) is 0 Å². The average molecular weight is 787 g/mol. The summed E-state index contributed by atoms with van der Waals surface area (Å²) in [7, 11) is 0. The standard InChI is InChI=1S/2C14H9Cl5O.C2H6O/c2*15-11-5-1-9(2-6-11)13(20,14(17,18)19)10-3-7-12(16)8-4-10;1-2-3/h2*1-8,20H;3H,2H2,1H3. The van der Waals surface area contributed by atoms with Crippen molar-refractivity contribution in [3.8, 4) is 0 Å². The van der Waals surface area contributed by atoms with Crippen LogP contribution in [0.15, 0.2) is 97.1 Å². The summed E-state index contributed by atoms with van der Waals surface area (Å²) in [6.07, 6.45) is 0. The molecule has 3 nitrogen and oxygen atoms in total. The summed E-state index contributed by atoms with van der Waals surface area (Å²) in [4.78, 5) is 0. The lowest BCUT2D eigenvalue weighted by atomic mass is 9.87. The van der Waals surface area contributed by atoms with Crippen LogP contribution in [0.2, 0.25) is 20.1 Å². The number of rotatable bonds is 4. The lowest BCUT2D eigenvalue weighted by Gasteiger charge is -2.35. The van der Waals surface area contributed by atoms with Gasteiger partial charge in [-0.15, -0.1) is 0 Å². The third-order valence-electron chi connectivity index (χ3n) is 5.87. The fourth-order valence-corrected chi connectivity index (χ4v) is 5.57. The maximum Gasteiger partial charge on any atom is 0.227 e. The summed E-state index contributed by atoms with van der Waals surface area (Å²) in [6, 6.07) is 25.8. The number of halogens is 10. The highest BCUT2D eigenvalue weighted by molar-refractivity contribution is 6.69. The topological polar surface area (TPSA) is 60.7 Å². The van der Waals surface area contributed by atoms with Crippen molar-refractivity contribution in [2.24, 2.45) is 0 Å². The summed E-state index contributed by atoms with van der Waals surface area (Å²) in [5, 5.41) is 31.6. The summed E-state index contributed by atoms with van der Waals surface area (Å²) in [5.41, 5.74) is -1.94. The molecular formula is C30H24Cl10O3. The van der Waals surface area contributed by atoms with Gasteiger partial charge >= 0.3 is 0 Å². The van der Waals surface area contributed by atoms with Crippen LogP contribution in [0.4, 0.5) is 0 Å². The molecule has 13 heteroatoms. The Bertz CT molecular complexity index is 1210. The molecule has 0 saturated carbocycles. The maximum absolute atomic E-state index is 11.0. The molecule has 0 aliphatic rings. The molecule has 4 aromatic carbocycles. The van der Waals surface area contributed by atoms with Crippen molar-refractivity contribution in [2.45, 2.75) is 25.7 Å². The summed E-state index contributed by atoms with van der Waals surface area (Å²) in [5.74, 6) is 0. The van der Waals surface area contributed by atoms with Gasteiger partial charge in [-0.05, 0) is 77.7 Å². The fourth-order valence-electron chi connectivity index (χ4n) is 3.75. The first kappa shape index (κ1) is 38.8. The molecule has 43 heavy (non-hydrogen) atoms. The second-order valence-corrected chi connectivity index (χ2v) is 15.1. The first-order valence-corrected chi connectivity index (χ1v) is 15.9. The predicted molar refractivity (Wildman–Crippen MR) is 185 cm³/mol. The van der Waals surface area contributed by atoms with Crippen LogP contribution < -0.4 is 0 Å². The molecule has 0 bridgehead atoms. The van der Waals surface area contributed by atoms with Crippen LogP contribution in [-0.2, 0) is 11.2 Å². The van der Waals surface area contributed by atoms with E-state index in [1.165, 1.54) is 0 Å². The van der Waals surface area contributed by atoms with Gasteiger partial charge in [0.2, 0.25) is 7.59 Å². The van der Waals surface area contributed by atoms with E-state index in [-0.39, 0.29) is 6.61 Å². The quantitative estimate of drug-likeness (QED) is 0.181. The SMILES string of the molecule is CCO.OC(c1ccc(Cl)cc1)(c1ccc(Cl)cc1)C(Cl)(Cl)Cl.OC(c1ccc(Cl)cc1)(c1ccc(Cl)cc1)C(Cl)(Cl)Cl. The number of alkyl halides is 6. The number of hydrogen-bond donors (Lipinski definition) is 3. The van der Waals surface area contributed by atoms with E-state index in [0.717, 1.165) is 0 Å². The molecule has 0 fully saturated rings. The van der Waals surface area contributed by atoms with Crippen molar-refractivity contribution < 1.29 is 15.3 Å². The Balaban J connectivity index is 0.000000275. The van der Waals surface area contributed by atoms with Gasteiger partial charge in [0, 0.05) is 26.7 Å². The molecule has 0 atom stereocenters. The van der Waals surface area contributed by atoms with Crippen molar-refractivity contribution in [3.63, 3.8) is 0 Å². The first-order valence-electron chi connectivity index (χ1n) is 12.1. The third kappa shape index (κ3) is 9.83. The smallest absolute Gasteiger partial charge is 0.227 e. The Morgan fingerprint density at radius 3 is 0.674 bits per heavy atom. The Hall–Kier alpha value is -0.340. The highest BCUT2D eigenvalue weighted by Crippen LogP contribution is 2.50. The van der Waals surface area contributed by atoms with E-state index >= 15 is 0 Å². The van der Waals surface area contributed by atoms with Gasteiger partial charge in [0.25, 0.3) is 0 Å². The van der Waals surface area contributed by atoms with E-state index in [4.69, 9.17) is 121 Å². The van der Waals surface area contributed by atoms with Gasteiger partial charge in [-0.25, -0.2) is 0 Å². The van der Waals surface area contributed by atoms with Crippen LogP contribution in [0.1, 0.15) is 29.2 Å². The summed E-state index contributed by atoms with van der Waals surface area (Å²) < 4.78 is -3.93. The Kier molecular flexibility index (Phi) is 14.9. The zero-order valence-corrected chi connectivity index (χ0v) is 29.6. The van der Waals surface area contributed by atoms with Gasteiger partial charge in [-0.1, -0.05) is 165 Å². The van der Waals surface area contributed by atoms with E-state index in [9.17, 15) is 10.2 Å². The van der Waals surface area contributed by atoms with E-state index in [0.29, 0.717) is 42.3 Å². The Morgan fingerprint density at radius 1 is 0.419 bits per heavy atom. The molecule has 0 amide bonds. The molecule has 0 spiro atoms. The molecule has 4 rings (SSSR count). The van der Waals surface area contributed by atoms with E-state index in [1.54, 1.807) is 104 Å². The summed E-state index contributed by atoms with van der Waals surface area (Å²) >= 11 is 59.4. The number of benzene rings is 4. The number of aliphatic hydroxyl groups is 3. The van der Waals surface area contributed by atoms with Crippen LogP contribution >= 0.6 is 116 Å². The lowest BCUT2D eigenvalue weighted by Crippen LogP contribution is -2.41. The highest BCUT2D eigenvalue weighted by Gasteiger charge is 2.51. The molecule has 0 saturated heterocycles. The lowest BCUT2D eigenvalue weighted by molar-refractivity contribution is 0.0847. The van der Waals surface area contributed by atoms with Crippen LogP contribution in [0, 0.1) is 0 Å². The molecule has 0 aromatic heterocycles. The average Bonchev–Trinajstić information content (AvgIpc) is 2.93. The Morgan fingerprint density at radius 2 is 0.558 bits per heavy atom. The third-order valence-corrected chi connectivity index (χ3v) is 8.52. The zero-order valence-electron chi connectivity index (χ0n) is 22.1. The van der Waals surface area contributed by atoms with Crippen LogP contribution in [0.5, 0.6) is 0 Å². The van der Waals surface area contributed by atoms with Crippen LogP contribution in [0.3, 0.4) is 0 Å². The number of aliphatic hydroxyl groups excluding tert-OH is 1. The van der Waals surface area contributed by atoms with Crippen molar-refractivity contribution in [3.05, 3.63) is 139 Å². The van der Waals surface area contributed by atoms with Crippen molar-refractivity contribution in [2.75, 3.05) is 6.61 Å². The molecule has 3 N–H and O–H groups in total. The van der Waals surface area contributed by atoms with Crippen LogP contribution in [0.25, 0.3) is 0 Å². The fraction of sp³-hybridized carbons (Fsp3) is 0.200. The highest BCUT2D eigenvalue weighted by atomic mass is 35.6. The molecule has 0 radical (unpaired) electrons. The monoisotopic (exact) mass is 782 g/mol. The zero-order chi connectivity index (χ0) is 32.6. The second-order valence-electron chi connectivity index (χ2n) is 8.76. The second kappa shape index (κ2) is 16.5. The van der Waals surface area contributed by atoms with Gasteiger partial charge in [0.1, 0.15) is 0 Å². The molecule has 0 unspecified atom stereocenters. The Labute approximate surface area is 300 Å². The summed E-state index contributed by atoms with van der Waals surface area (Å²) in [6.45, 7) is 1.93. The van der Waals surface area contributed by atoms with E-state index < -0.39 is 18.8 Å². The van der Waals surface area contributed by atoms with Gasteiger partial charge in [0.05, 0.1) is 0 Å². The predicted octanol–water partition coefficient (Wildman–Crippen LogP) is 11.2. The molecule has 0 heterocycles. The van der Waals surface area contributed by atoms with Crippen LogP contribution in [-0.4, -0.2) is 29.5 Å². The number of hydrogen-bond acceptors (Lipinski definition) is 3. The molecule has 0 aliphatic heterocycles. The van der Waals surface area contributed by atoms with E-state index in [1.807, 2.05) is 0 Å². The van der Waals surface area contributed by atoms with Crippen molar-refractivity contribution in [1.82, 2.24) is 0 Å². The van der Waals surface area contributed by atoms with Gasteiger partial charge < -0.3 is 15.3 Å². The molecular weight excluding hydrogens is 763 g/mol. The molecule has 232 valence electrons. The first-order chi connectivity index (χ1) is 19.9. The molecule has 4 aromatic rings. The van der Waals surface area contributed by atoms with Crippen molar-refractivity contribution in [1.29, 1.82) is 0 Å². The van der Waals surface area contributed by atoms with Crippen molar-refractivity contribution >= 4 is 116 Å². The minimum atomic E-state index is -1.96. The van der Waals surface area contributed by atoms with Gasteiger partial charge in [0.15, 0.2) is 11.2 Å². The minimum absolute atomic E-state index is 0.250. The largest absolute Gasteiger partial charge is 0.397 e. The van der Waals surface area contributed by atoms with Gasteiger partial charge in [-0.3, -0.25) is 0 Å². The maximum atomic E-state index is 11.0.